The van der Waals surface area contributed by atoms with E-state index in [1.807, 2.05) is 84.9 Å². The highest BCUT2D eigenvalue weighted by molar-refractivity contribution is 9.10. The van der Waals surface area contributed by atoms with E-state index in [1.54, 1.807) is 24.3 Å². The Balaban J connectivity index is 1.45. The maximum atomic E-state index is 14.4. The van der Waals surface area contributed by atoms with Gasteiger partial charge in [-0.25, -0.2) is 8.42 Å². The van der Waals surface area contributed by atoms with Crippen LogP contribution in [0.1, 0.15) is 43.2 Å². The zero-order chi connectivity index (χ0) is 33.2. The molecule has 4 aromatic rings. The van der Waals surface area contributed by atoms with E-state index >= 15 is 0 Å². The molecule has 0 unspecified atom stereocenters. The van der Waals surface area contributed by atoms with Gasteiger partial charge in [-0.05, 0) is 72.5 Å². The first-order valence-corrected chi connectivity index (χ1v) is 18.5. The molecule has 1 fully saturated rings. The Labute approximate surface area is 285 Å². The summed E-state index contributed by atoms with van der Waals surface area (Å²) in [6, 6.07) is 32.1. The average Bonchev–Trinajstić information content (AvgIpc) is 3.07. The zero-order valence-corrected chi connectivity index (χ0v) is 28.8. The highest BCUT2D eigenvalue weighted by atomic mass is 79.9. The van der Waals surface area contributed by atoms with Gasteiger partial charge in [0.1, 0.15) is 24.1 Å². The smallest absolute Gasteiger partial charge is 0.244 e. The number of nitrogens with one attached hydrogen (secondary N) is 1. The molecule has 0 saturated heterocycles. The fraction of sp³-hybridized carbons (Fsp3) is 0.297. The number of hydrogen-bond acceptors (Lipinski definition) is 5. The second-order valence-electron chi connectivity index (χ2n) is 11.9. The van der Waals surface area contributed by atoms with Crippen LogP contribution in [0.25, 0.3) is 0 Å². The number of benzene rings is 4. The Morgan fingerprint density at radius 2 is 1.40 bits per heavy atom. The first kappa shape index (κ1) is 34.2. The molecule has 0 bridgehead atoms. The van der Waals surface area contributed by atoms with Gasteiger partial charge in [0.25, 0.3) is 0 Å². The number of rotatable bonds is 13. The lowest BCUT2D eigenvalue weighted by atomic mass is 9.94. The minimum Gasteiger partial charge on any atom is -0.457 e. The molecular formula is C37H40BrN3O5S. The van der Waals surface area contributed by atoms with E-state index < -0.39 is 28.5 Å². The molecule has 0 spiro atoms. The molecule has 47 heavy (non-hydrogen) atoms. The van der Waals surface area contributed by atoms with Gasteiger partial charge in [0.2, 0.25) is 21.8 Å². The van der Waals surface area contributed by atoms with Crippen molar-refractivity contribution in [3.8, 4) is 11.5 Å². The number of hydrogen-bond donors (Lipinski definition) is 1. The molecule has 0 aliphatic heterocycles. The molecule has 5 rings (SSSR count). The normalized spacial score (nSPS) is 14.2. The minimum absolute atomic E-state index is 0.0447. The van der Waals surface area contributed by atoms with Crippen LogP contribution in [0.4, 0.5) is 5.69 Å². The number of amides is 2. The standard InChI is InChI=1S/C37H40BrN3O5S/c1-47(44,45)41(32-21-23-34(24-22-32)46-33-15-9-4-10-16-33)27-36(42)40(26-29-17-19-30(38)20-18-29)35(25-28-11-5-2-6-12-28)37(43)39-31-13-7-3-8-14-31/h2,4-6,9-12,15-24,31,35H,3,7-8,13-14,25-27H2,1H3,(H,39,43)/t35-/m1/s1. The van der Waals surface area contributed by atoms with E-state index in [0.29, 0.717) is 17.2 Å². The summed E-state index contributed by atoms with van der Waals surface area (Å²) in [5, 5.41) is 3.22. The van der Waals surface area contributed by atoms with Crippen molar-refractivity contribution in [1.82, 2.24) is 10.2 Å². The largest absolute Gasteiger partial charge is 0.457 e. The second-order valence-corrected chi connectivity index (χ2v) is 14.7. The van der Waals surface area contributed by atoms with Crippen molar-refractivity contribution in [2.75, 3.05) is 17.1 Å². The van der Waals surface area contributed by atoms with Crippen LogP contribution >= 0.6 is 15.9 Å². The van der Waals surface area contributed by atoms with Crippen LogP contribution in [0.15, 0.2) is 114 Å². The molecule has 8 nitrogen and oxygen atoms in total. The molecule has 4 aromatic carbocycles. The summed E-state index contributed by atoms with van der Waals surface area (Å²) in [4.78, 5) is 30.0. The number of halogens is 1. The number of sulfonamides is 1. The Bertz CT molecular complexity index is 1710. The van der Waals surface area contributed by atoms with Gasteiger partial charge in [0, 0.05) is 23.5 Å². The van der Waals surface area contributed by atoms with Crippen molar-refractivity contribution in [3.63, 3.8) is 0 Å². The predicted molar refractivity (Wildman–Crippen MR) is 189 cm³/mol. The second kappa shape index (κ2) is 16.1. The van der Waals surface area contributed by atoms with Crippen molar-refractivity contribution in [1.29, 1.82) is 0 Å². The molecule has 10 heteroatoms. The van der Waals surface area contributed by atoms with E-state index in [4.69, 9.17) is 4.74 Å². The van der Waals surface area contributed by atoms with E-state index in [-0.39, 0.29) is 24.9 Å². The lowest BCUT2D eigenvalue weighted by Crippen LogP contribution is -2.55. The minimum atomic E-state index is -3.89. The third kappa shape index (κ3) is 9.92. The highest BCUT2D eigenvalue weighted by Crippen LogP contribution is 2.27. The van der Waals surface area contributed by atoms with Gasteiger partial charge in [-0.2, -0.15) is 0 Å². The molecular weight excluding hydrogens is 678 g/mol. The van der Waals surface area contributed by atoms with E-state index in [1.165, 1.54) is 4.90 Å². The van der Waals surface area contributed by atoms with Crippen LogP contribution in [0.3, 0.4) is 0 Å². The summed E-state index contributed by atoms with van der Waals surface area (Å²) in [5.74, 6) is 0.455. The molecule has 1 saturated carbocycles. The fourth-order valence-corrected chi connectivity index (χ4v) is 6.92. The van der Waals surface area contributed by atoms with Gasteiger partial charge in [-0.15, -0.1) is 0 Å². The van der Waals surface area contributed by atoms with Crippen LogP contribution in [0.2, 0.25) is 0 Å². The topological polar surface area (TPSA) is 96.0 Å². The first-order valence-electron chi connectivity index (χ1n) is 15.8. The molecule has 0 radical (unpaired) electrons. The molecule has 1 aliphatic rings. The van der Waals surface area contributed by atoms with Crippen LogP contribution in [0.5, 0.6) is 11.5 Å². The quantitative estimate of drug-likeness (QED) is 0.159. The average molecular weight is 719 g/mol. The van der Waals surface area contributed by atoms with E-state index in [9.17, 15) is 18.0 Å². The predicted octanol–water partition coefficient (Wildman–Crippen LogP) is 7.10. The van der Waals surface area contributed by atoms with Crippen molar-refractivity contribution in [2.24, 2.45) is 0 Å². The molecule has 0 heterocycles. The number of ether oxygens (including phenoxy) is 1. The fourth-order valence-electron chi connectivity index (χ4n) is 5.80. The van der Waals surface area contributed by atoms with Gasteiger partial charge in [0.15, 0.2) is 0 Å². The number of anilines is 1. The molecule has 0 aromatic heterocycles. The molecule has 246 valence electrons. The maximum Gasteiger partial charge on any atom is 0.244 e. The SMILES string of the molecule is CS(=O)(=O)N(CC(=O)N(Cc1ccc(Br)cc1)[C@H](Cc1ccccc1)C(=O)NC1CCCCC1)c1ccc(Oc2ccccc2)cc1. The first-order chi connectivity index (χ1) is 22.7. The third-order valence-corrected chi connectivity index (χ3v) is 9.94. The summed E-state index contributed by atoms with van der Waals surface area (Å²) in [7, 11) is -3.89. The summed E-state index contributed by atoms with van der Waals surface area (Å²) < 4.78 is 34.2. The van der Waals surface area contributed by atoms with Crippen LogP contribution in [-0.4, -0.2) is 50.0 Å². The Morgan fingerprint density at radius 3 is 2.02 bits per heavy atom. The Kier molecular flexibility index (Phi) is 11.7. The zero-order valence-electron chi connectivity index (χ0n) is 26.4. The summed E-state index contributed by atoms with van der Waals surface area (Å²) >= 11 is 3.47. The molecule has 1 aliphatic carbocycles. The van der Waals surface area contributed by atoms with Gasteiger partial charge in [0.05, 0.1) is 11.9 Å². The number of carbonyl (C=O) groups is 2. The van der Waals surface area contributed by atoms with Crippen LogP contribution < -0.4 is 14.4 Å². The third-order valence-electron chi connectivity index (χ3n) is 8.27. The van der Waals surface area contributed by atoms with E-state index in [0.717, 1.165) is 58.3 Å². The summed E-state index contributed by atoms with van der Waals surface area (Å²) in [6.07, 6.45) is 6.40. The Morgan fingerprint density at radius 1 is 0.809 bits per heavy atom. The van der Waals surface area contributed by atoms with Crippen molar-refractivity contribution >= 4 is 43.5 Å². The highest BCUT2D eigenvalue weighted by Gasteiger charge is 2.34. The van der Waals surface area contributed by atoms with Crippen molar-refractivity contribution < 1.29 is 22.7 Å². The lowest BCUT2D eigenvalue weighted by molar-refractivity contribution is -0.140. The number of nitrogens with zero attached hydrogens (tertiary/aromatic N) is 2. The maximum absolute atomic E-state index is 14.4. The van der Waals surface area contributed by atoms with Gasteiger partial charge < -0.3 is 15.0 Å². The lowest BCUT2D eigenvalue weighted by Gasteiger charge is -2.35. The Hall–Kier alpha value is -4.15. The number of carbonyl (C=O) groups excluding carboxylic acids is 2. The summed E-state index contributed by atoms with van der Waals surface area (Å²) in [6.45, 7) is -0.348. The van der Waals surface area contributed by atoms with Gasteiger partial charge in [-0.3, -0.25) is 13.9 Å². The van der Waals surface area contributed by atoms with Crippen molar-refractivity contribution in [3.05, 3.63) is 125 Å². The van der Waals surface area contributed by atoms with Gasteiger partial charge in [-0.1, -0.05) is 95.9 Å². The molecule has 1 N–H and O–H groups in total. The van der Waals surface area contributed by atoms with Crippen molar-refractivity contribution in [2.45, 2.75) is 57.2 Å². The monoisotopic (exact) mass is 717 g/mol. The van der Waals surface area contributed by atoms with E-state index in [2.05, 4.69) is 21.2 Å². The van der Waals surface area contributed by atoms with Crippen LogP contribution in [-0.2, 0) is 32.6 Å². The van der Waals surface area contributed by atoms with Crippen LogP contribution in [0, 0.1) is 0 Å². The molecule has 1 atom stereocenters. The number of para-hydroxylation sites is 1. The molecule has 2 amide bonds. The van der Waals surface area contributed by atoms with Gasteiger partial charge >= 0.3 is 0 Å². The summed E-state index contributed by atoms with van der Waals surface area (Å²) in [5.41, 5.74) is 2.04.